The fourth-order valence-corrected chi connectivity index (χ4v) is 3.79. The summed E-state index contributed by atoms with van der Waals surface area (Å²) in [5.74, 6) is 1.06. The maximum atomic E-state index is 12.9. The molecule has 0 atom stereocenters. The maximum Gasteiger partial charge on any atom is 0.499 e. The lowest BCUT2D eigenvalue weighted by Crippen LogP contribution is -2.41. The van der Waals surface area contributed by atoms with Crippen molar-refractivity contribution in [1.82, 2.24) is 0 Å². The summed E-state index contributed by atoms with van der Waals surface area (Å²) < 4.78 is 66.1. The van der Waals surface area contributed by atoms with Crippen molar-refractivity contribution < 1.29 is 26.7 Å². The number of rotatable bonds is 9. The van der Waals surface area contributed by atoms with Crippen molar-refractivity contribution >= 4 is 0 Å². The van der Waals surface area contributed by atoms with Crippen molar-refractivity contribution in [2.45, 2.75) is 83.4 Å². The normalized spacial score (nSPS) is 21.3. The van der Waals surface area contributed by atoms with Crippen molar-refractivity contribution in [3.63, 3.8) is 0 Å². The van der Waals surface area contributed by atoms with Gasteiger partial charge in [0, 0.05) is 0 Å². The highest BCUT2D eigenvalue weighted by atomic mass is 19.4. The van der Waals surface area contributed by atoms with Crippen LogP contribution in [0.3, 0.4) is 0 Å². The molecule has 0 spiro atoms. The van der Waals surface area contributed by atoms with E-state index < -0.39 is 18.0 Å². The average Bonchev–Trinajstić information content (AvgIpc) is 2.61. The summed E-state index contributed by atoms with van der Waals surface area (Å²) in [6, 6.07) is 5.50. The third-order valence-electron chi connectivity index (χ3n) is 5.52. The summed E-state index contributed by atoms with van der Waals surface area (Å²) in [6.45, 7) is 2.22. The van der Waals surface area contributed by atoms with Crippen LogP contribution < -0.4 is 4.74 Å². The lowest BCUT2D eigenvalue weighted by molar-refractivity contribution is -0.360. The highest BCUT2D eigenvalue weighted by Gasteiger charge is 2.61. The van der Waals surface area contributed by atoms with Gasteiger partial charge in [-0.05, 0) is 42.4 Å². The molecule has 0 radical (unpaired) electrons. The van der Waals surface area contributed by atoms with Crippen molar-refractivity contribution in [3.05, 3.63) is 29.8 Å². The van der Waals surface area contributed by atoms with E-state index in [0.29, 0.717) is 5.92 Å². The van der Waals surface area contributed by atoms with E-state index in [4.69, 9.17) is 0 Å². The molecule has 0 bridgehead atoms. The topological polar surface area (TPSA) is 9.23 Å². The quantitative estimate of drug-likeness (QED) is 0.311. The van der Waals surface area contributed by atoms with Crippen LogP contribution in [0.15, 0.2) is 24.3 Å². The SMILES string of the molecule is CCCCC[C@H]1CC[C@H](CCc2ccc(OC(F)(F)C(F)(F)F)cc2)CC1. The van der Waals surface area contributed by atoms with E-state index in [-0.39, 0.29) is 0 Å². The number of unbranched alkanes of at least 4 members (excludes halogenated alkanes) is 2. The van der Waals surface area contributed by atoms with Crippen LogP contribution in [0.25, 0.3) is 0 Å². The van der Waals surface area contributed by atoms with Crippen LogP contribution in [0.4, 0.5) is 22.0 Å². The number of hydrogen-bond acceptors (Lipinski definition) is 1. The van der Waals surface area contributed by atoms with Gasteiger partial charge < -0.3 is 4.74 Å². The second kappa shape index (κ2) is 9.74. The van der Waals surface area contributed by atoms with Crippen LogP contribution in [-0.4, -0.2) is 12.3 Å². The Labute approximate surface area is 158 Å². The van der Waals surface area contributed by atoms with Gasteiger partial charge in [0.15, 0.2) is 0 Å². The van der Waals surface area contributed by atoms with Gasteiger partial charge in [-0.3, -0.25) is 0 Å². The molecule has 0 amide bonds. The molecule has 0 unspecified atom stereocenters. The molecule has 2 rings (SSSR count). The highest BCUT2D eigenvalue weighted by Crippen LogP contribution is 2.37. The molecule has 6 heteroatoms. The second-order valence-electron chi connectivity index (χ2n) is 7.68. The molecule has 1 aromatic carbocycles. The molecule has 1 fully saturated rings. The molecule has 1 aliphatic carbocycles. The first-order chi connectivity index (χ1) is 12.7. The van der Waals surface area contributed by atoms with E-state index in [1.807, 2.05) is 0 Å². The van der Waals surface area contributed by atoms with Gasteiger partial charge in [0.2, 0.25) is 0 Å². The molecular weight excluding hydrogens is 363 g/mol. The Bertz CT molecular complexity index is 545. The Morgan fingerprint density at radius 2 is 1.41 bits per heavy atom. The molecule has 27 heavy (non-hydrogen) atoms. The van der Waals surface area contributed by atoms with Gasteiger partial charge in [0.25, 0.3) is 0 Å². The van der Waals surface area contributed by atoms with Gasteiger partial charge in [-0.15, -0.1) is 0 Å². The lowest BCUT2D eigenvalue weighted by Gasteiger charge is -2.28. The van der Waals surface area contributed by atoms with E-state index in [1.54, 1.807) is 12.1 Å². The monoisotopic (exact) mass is 392 g/mol. The summed E-state index contributed by atoms with van der Waals surface area (Å²) in [5, 5.41) is 0. The van der Waals surface area contributed by atoms with Crippen LogP contribution in [-0.2, 0) is 6.42 Å². The molecule has 1 nitrogen and oxygen atoms in total. The molecule has 1 saturated carbocycles. The number of ether oxygens (including phenoxy) is 1. The van der Waals surface area contributed by atoms with Gasteiger partial charge in [-0.1, -0.05) is 70.4 Å². The largest absolute Gasteiger partial charge is 0.499 e. The molecule has 1 aromatic rings. The molecule has 0 heterocycles. The zero-order valence-corrected chi connectivity index (χ0v) is 15.8. The van der Waals surface area contributed by atoms with Crippen LogP contribution >= 0.6 is 0 Å². The smallest absolute Gasteiger partial charge is 0.426 e. The molecule has 154 valence electrons. The van der Waals surface area contributed by atoms with E-state index in [2.05, 4.69) is 11.7 Å². The number of alkyl halides is 5. The third kappa shape index (κ3) is 6.96. The summed E-state index contributed by atoms with van der Waals surface area (Å²) in [6.07, 6.45) is 1.21. The number of halogens is 5. The Kier molecular flexibility index (Phi) is 7.92. The standard InChI is InChI=1S/C21H29F5O/c1-2-3-4-5-16-6-8-17(9-7-16)10-11-18-12-14-19(15-13-18)27-21(25,26)20(22,23)24/h12-17H,2-11H2,1H3/t16-,17-. The van der Waals surface area contributed by atoms with Crippen molar-refractivity contribution in [3.8, 4) is 5.75 Å². The second-order valence-corrected chi connectivity index (χ2v) is 7.68. The van der Waals surface area contributed by atoms with E-state index >= 15 is 0 Å². The zero-order valence-electron chi connectivity index (χ0n) is 15.8. The Morgan fingerprint density at radius 1 is 0.852 bits per heavy atom. The summed E-state index contributed by atoms with van der Waals surface area (Å²) >= 11 is 0. The average molecular weight is 392 g/mol. The maximum absolute atomic E-state index is 12.9. The molecule has 1 aliphatic rings. The minimum absolute atomic E-state index is 0.478. The Hall–Kier alpha value is -1.33. The first-order valence-electron chi connectivity index (χ1n) is 9.93. The predicted molar refractivity (Wildman–Crippen MR) is 96.0 cm³/mol. The van der Waals surface area contributed by atoms with Crippen LogP contribution in [0.1, 0.15) is 70.3 Å². The number of aryl methyl sites for hydroxylation is 1. The van der Waals surface area contributed by atoms with E-state index in [9.17, 15) is 22.0 Å². The molecular formula is C21H29F5O. The van der Waals surface area contributed by atoms with Gasteiger partial charge >= 0.3 is 12.3 Å². The van der Waals surface area contributed by atoms with Crippen molar-refractivity contribution in [2.75, 3.05) is 0 Å². The summed E-state index contributed by atoms with van der Waals surface area (Å²) in [7, 11) is 0. The Morgan fingerprint density at radius 3 is 1.93 bits per heavy atom. The summed E-state index contributed by atoms with van der Waals surface area (Å²) in [4.78, 5) is 0. The summed E-state index contributed by atoms with van der Waals surface area (Å²) in [5.41, 5.74) is 0.933. The molecule has 0 aliphatic heterocycles. The molecule has 0 aromatic heterocycles. The fraction of sp³-hybridized carbons (Fsp3) is 0.714. The van der Waals surface area contributed by atoms with E-state index in [1.165, 1.54) is 63.5 Å². The number of benzene rings is 1. The lowest BCUT2D eigenvalue weighted by atomic mass is 9.78. The predicted octanol–water partition coefficient (Wildman–Crippen LogP) is 7.54. The van der Waals surface area contributed by atoms with Crippen molar-refractivity contribution in [1.29, 1.82) is 0 Å². The van der Waals surface area contributed by atoms with Crippen LogP contribution in [0.5, 0.6) is 5.75 Å². The van der Waals surface area contributed by atoms with Gasteiger partial charge in [-0.25, -0.2) is 0 Å². The number of hydrogen-bond donors (Lipinski definition) is 0. The Balaban J connectivity index is 1.73. The minimum Gasteiger partial charge on any atom is -0.426 e. The first-order valence-corrected chi connectivity index (χ1v) is 9.93. The molecule has 0 saturated heterocycles. The van der Waals surface area contributed by atoms with Gasteiger partial charge in [0.1, 0.15) is 5.75 Å². The van der Waals surface area contributed by atoms with Crippen LogP contribution in [0, 0.1) is 11.8 Å². The van der Waals surface area contributed by atoms with E-state index in [0.717, 1.165) is 24.3 Å². The van der Waals surface area contributed by atoms with Crippen LogP contribution in [0.2, 0.25) is 0 Å². The van der Waals surface area contributed by atoms with Crippen molar-refractivity contribution in [2.24, 2.45) is 11.8 Å². The molecule has 0 N–H and O–H groups in total. The third-order valence-corrected chi connectivity index (χ3v) is 5.52. The van der Waals surface area contributed by atoms with Gasteiger partial charge in [0.05, 0.1) is 0 Å². The first kappa shape index (κ1) is 22.0. The fourth-order valence-electron chi connectivity index (χ4n) is 3.79. The van der Waals surface area contributed by atoms with Gasteiger partial charge in [-0.2, -0.15) is 22.0 Å². The highest BCUT2D eigenvalue weighted by molar-refractivity contribution is 5.27. The zero-order chi connectivity index (χ0) is 19.9. The minimum atomic E-state index is -5.72.